The van der Waals surface area contributed by atoms with Gasteiger partial charge in [0.2, 0.25) is 5.91 Å². The van der Waals surface area contributed by atoms with Gasteiger partial charge in [0.15, 0.2) is 0 Å². The van der Waals surface area contributed by atoms with Crippen molar-refractivity contribution in [2.24, 2.45) is 17.6 Å². The molecule has 3 atom stereocenters. The summed E-state index contributed by atoms with van der Waals surface area (Å²) in [6.07, 6.45) is 5.32. The van der Waals surface area contributed by atoms with Crippen LogP contribution in [0.4, 0.5) is 0 Å². The Balaban J connectivity index is 1.81. The number of nitrogens with zero attached hydrogens (tertiary/aromatic N) is 1. The van der Waals surface area contributed by atoms with Crippen molar-refractivity contribution in [3.05, 3.63) is 0 Å². The third-order valence-electron chi connectivity index (χ3n) is 3.93. The number of amides is 1. The van der Waals surface area contributed by atoms with Crippen LogP contribution in [0, 0.1) is 11.8 Å². The standard InChI is InChI=1S/C12H22N2O/c1-9-5-6-14(8-9)12(15)7-10-3-2-4-11(10)13/h9-11H,2-8,13H2,1H3/t9?,10-,11+/m0/s1. The third kappa shape index (κ3) is 2.51. The summed E-state index contributed by atoms with van der Waals surface area (Å²) in [6, 6.07) is 0.272. The van der Waals surface area contributed by atoms with Crippen molar-refractivity contribution in [1.82, 2.24) is 4.90 Å². The molecule has 0 aromatic carbocycles. The van der Waals surface area contributed by atoms with E-state index in [0.29, 0.717) is 24.2 Å². The largest absolute Gasteiger partial charge is 0.342 e. The van der Waals surface area contributed by atoms with Crippen LogP contribution >= 0.6 is 0 Å². The van der Waals surface area contributed by atoms with Gasteiger partial charge in [-0.2, -0.15) is 0 Å². The molecule has 15 heavy (non-hydrogen) atoms. The Morgan fingerprint density at radius 1 is 1.40 bits per heavy atom. The second kappa shape index (κ2) is 4.52. The van der Waals surface area contributed by atoms with E-state index in [1.54, 1.807) is 0 Å². The van der Waals surface area contributed by atoms with Crippen LogP contribution in [-0.2, 0) is 4.79 Å². The van der Waals surface area contributed by atoms with Gasteiger partial charge in [-0.1, -0.05) is 13.3 Å². The molecule has 86 valence electrons. The van der Waals surface area contributed by atoms with Crippen molar-refractivity contribution in [3.63, 3.8) is 0 Å². The van der Waals surface area contributed by atoms with Crippen molar-refractivity contribution in [2.75, 3.05) is 13.1 Å². The summed E-state index contributed by atoms with van der Waals surface area (Å²) in [6.45, 7) is 4.14. The smallest absolute Gasteiger partial charge is 0.222 e. The zero-order chi connectivity index (χ0) is 10.8. The molecule has 2 aliphatic rings. The van der Waals surface area contributed by atoms with E-state index >= 15 is 0 Å². The van der Waals surface area contributed by atoms with Gasteiger partial charge in [-0.15, -0.1) is 0 Å². The minimum absolute atomic E-state index is 0.272. The van der Waals surface area contributed by atoms with Gasteiger partial charge >= 0.3 is 0 Å². The van der Waals surface area contributed by atoms with E-state index in [1.807, 2.05) is 4.90 Å². The molecule has 0 radical (unpaired) electrons. The fourth-order valence-electron chi connectivity index (χ4n) is 2.83. The van der Waals surface area contributed by atoms with Gasteiger partial charge in [-0.25, -0.2) is 0 Å². The average Bonchev–Trinajstić information content (AvgIpc) is 2.77. The first-order valence-electron chi connectivity index (χ1n) is 6.20. The Kier molecular flexibility index (Phi) is 3.29. The van der Waals surface area contributed by atoms with Crippen LogP contribution in [-0.4, -0.2) is 29.9 Å². The predicted molar refractivity (Wildman–Crippen MR) is 60.3 cm³/mol. The lowest BCUT2D eigenvalue weighted by Gasteiger charge is -2.20. The lowest BCUT2D eigenvalue weighted by Crippen LogP contribution is -2.33. The average molecular weight is 210 g/mol. The summed E-state index contributed by atoms with van der Waals surface area (Å²) in [7, 11) is 0. The zero-order valence-corrected chi connectivity index (χ0v) is 9.61. The van der Waals surface area contributed by atoms with E-state index in [-0.39, 0.29) is 6.04 Å². The Labute approximate surface area is 92.0 Å². The number of carbonyl (C=O) groups excluding carboxylic acids is 1. The number of hydrogen-bond acceptors (Lipinski definition) is 2. The summed E-state index contributed by atoms with van der Waals surface area (Å²) in [5.74, 6) is 1.47. The molecule has 1 saturated heterocycles. The van der Waals surface area contributed by atoms with Crippen LogP contribution in [0.3, 0.4) is 0 Å². The number of nitrogens with two attached hydrogens (primary N) is 1. The first-order chi connectivity index (χ1) is 7.16. The molecule has 0 spiro atoms. The molecular formula is C12H22N2O. The van der Waals surface area contributed by atoms with Crippen LogP contribution in [0.1, 0.15) is 39.0 Å². The van der Waals surface area contributed by atoms with Gasteiger partial charge < -0.3 is 10.6 Å². The first kappa shape index (κ1) is 10.9. The zero-order valence-electron chi connectivity index (χ0n) is 9.61. The number of carbonyl (C=O) groups is 1. The Hall–Kier alpha value is -0.570. The number of likely N-dealkylation sites (tertiary alicyclic amines) is 1. The number of rotatable bonds is 2. The van der Waals surface area contributed by atoms with E-state index in [1.165, 1.54) is 12.8 Å². The molecule has 0 bridgehead atoms. The van der Waals surface area contributed by atoms with Crippen LogP contribution in [0.5, 0.6) is 0 Å². The molecule has 1 aliphatic carbocycles. The van der Waals surface area contributed by atoms with Crippen LogP contribution in [0.15, 0.2) is 0 Å². The maximum Gasteiger partial charge on any atom is 0.222 e. The summed E-state index contributed by atoms with van der Waals surface area (Å²) >= 11 is 0. The molecule has 1 unspecified atom stereocenters. The van der Waals surface area contributed by atoms with Crippen molar-refractivity contribution >= 4 is 5.91 Å². The van der Waals surface area contributed by atoms with Gasteiger partial charge in [0, 0.05) is 25.6 Å². The van der Waals surface area contributed by atoms with Crippen molar-refractivity contribution in [1.29, 1.82) is 0 Å². The van der Waals surface area contributed by atoms with Crippen LogP contribution < -0.4 is 5.73 Å². The van der Waals surface area contributed by atoms with E-state index in [4.69, 9.17) is 5.73 Å². The second-order valence-electron chi connectivity index (χ2n) is 5.29. The normalized spacial score (nSPS) is 36.1. The van der Waals surface area contributed by atoms with Gasteiger partial charge in [0.1, 0.15) is 0 Å². The highest BCUT2D eigenvalue weighted by molar-refractivity contribution is 5.76. The molecule has 0 aromatic rings. The maximum absolute atomic E-state index is 12.0. The van der Waals surface area contributed by atoms with Gasteiger partial charge in [0.05, 0.1) is 0 Å². The third-order valence-corrected chi connectivity index (χ3v) is 3.93. The monoisotopic (exact) mass is 210 g/mol. The Morgan fingerprint density at radius 2 is 2.20 bits per heavy atom. The fraction of sp³-hybridized carbons (Fsp3) is 0.917. The van der Waals surface area contributed by atoms with E-state index in [0.717, 1.165) is 25.9 Å². The molecule has 1 aliphatic heterocycles. The maximum atomic E-state index is 12.0. The summed E-state index contributed by atoms with van der Waals surface area (Å²) in [4.78, 5) is 14.0. The van der Waals surface area contributed by atoms with E-state index in [2.05, 4.69) is 6.92 Å². The number of hydrogen-bond donors (Lipinski definition) is 1. The molecule has 3 nitrogen and oxygen atoms in total. The summed E-state index contributed by atoms with van der Waals surface area (Å²) < 4.78 is 0. The second-order valence-corrected chi connectivity index (χ2v) is 5.29. The van der Waals surface area contributed by atoms with E-state index in [9.17, 15) is 4.79 Å². The quantitative estimate of drug-likeness (QED) is 0.748. The van der Waals surface area contributed by atoms with Gasteiger partial charge in [-0.05, 0) is 31.1 Å². The highest BCUT2D eigenvalue weighted by Crippen LogP contribution is 2.28. The lowest BCUT2D eigenvalue weighted by molar-refractivity contribution is -0.131. The molecule has 1 saturated carbocycles. The topological polar surface area (TPSA) is 46.3 Å². The summed E-state index contributed by atoms with van der Waals surface area (Å²) in [5.41, 5.74) is 5.98. The highest BCUT2D eigenvalue weighted by Gasteiger charge is 2.30. The molecule has 1 heterocycles. The molecular weight excluding hydrogens is 188 g/mol. The molecule has 3 heteroatoms. The first-order valence-corrected chi connectivity index (χ1v) is 6.20. The lowest BCUT2D eigenvalue weighted by atomic mass is 9.99. The van der Waals surface area contributed by atoms with Crippen LogP contribution in [0.25, 0.3) is 0 Å². The summed E-state index contributed by atoms with van der Waals surface area (Å²) in [5, 5.41) is 0. The van der Waals surface area contributed by atoms with Gasteiger partial charge in [0.25, 0.3) is 0 Å². The van der Waals surface area contributed by atoms with Crippen molar-refractivity contribution in [3.8, 4) is 0 Å². The molecule has 2 fully saturated rings. The highest BCUT2D eigenvalue weighted by atomic mass is 16.2. The minimum Gasteiger partial charge on any atom is -0.342 e. The molecule has 2 rings (SSSR count). The predicted octanol–water partition coefficient (Wildman–Crippen LogP) is 1.37. The van der Waals surface area contributed by atoms with Crippen molar-refractivity contribution < 1.29 is 4.79 Å². The fourth-order valence-corrected chi connectivity index (χ4v) is 2.83. The van der Waals surface area contributed by atoms with E-state index < -0.39 is 0 Å². The minimum atomic E-state index is 0.272. The van der Waals surface area contributed by atoms with Crippen LogP contribution in [0.2, 0.25) is 0 Å². The Bertz CT molecular complexity index is 242. The molecule has 2 N–H and O–H groups in total. The Morgan fingerprint density at radius 3 is 2.73 bits per heavy atom. The molecule has 1 amide bonds. The molecule has 0 aromatic heterocycles. The van der Waals surface area contributed by atoms with Crippen molar-refractivity contribution in [2.45, 2.75) is 45.1 Å². The van der Waals surface area contributed by atoms with Gasteiger partial charge in [-0.3, -0.25) is 4.79 Å². The SMILES string of the molecule is CC1CCN(C(=O)C[C@@H]2CCC[C@H]2N)C1.